The van der Waals surface area contributed by atoms with Crippen molar-refractivity contribution in [3.63, 3.8) is 0 Å². The second kappa shape index (κ2) is 5.83. The zero-order chi connectivity index (χ0) is 13.1. The summed E-state index contributed by atoms with van der Waals surface area (Å²) in [5.74, 6) is 0.517. The zero-order valence-electron chi connectivity index (χ0n) is 11.5. The standard InChI is InChI=1S/C13H26N2O2/c1-13(2,3)17-9-12(16)15(4)11-7-5-6-10(11)8-14/h10-11H,5-9,14H2,1-4H3. The maximum Gasteiger partial charge on any atom is 0.248 e. The van der Waals surface area contributed by atoms with Gasteiger partial charge in [-0.05, 0) is 46.1 Å². The molecule has 1 saturated carbocycles. The highest BCUT2D eigenvalue weighted by Gasteiger charge is 2.31. The normalized spacial score (nSPS) is 25.0. The summed E-state index contributed by atoms with van der Waals surface area (Å²) >= 11 is 0. The van der Waals surface area contributed by atoms with Crippen LogP contribution in [0.3, 0.4) is 0 Å². The molecule has 17 heavy (non-hydrogen) atoms. The smallest absolute Gasteiger partial charge is 0.248 e. The van der Waals surface area contributed by atoms with Crippen molar-refractivity contribution in [1.29, 1.82) is 0 Å². The zero-order valence-corrected chi connectivity index (χ0v) is 11.5. The highest BCUT2D eigenvalue weighted by Crippen LogP contribution is 2.28. The van der Waals surface area contributed by atoms with Crippen molar-refractivity contribution in [2.75, 3.05) is 20.2 Å². The molecule has 4 nitrogen and oxygen atoms in total. The largest absolute Gasteiger partial charge is 0.366 e. The predicted octanol–water partition coefficient (Wildman–Crippen LogP) is 1.39. The van der Waals surface area contributed by atoms with Crippen LogP contribution in [0.2, 0.25) is 0 Å². The van der Waals surface area contributed by atoms with Crippen LogP contribution in [0.4, 0.5) is 0 Å². The SMILES string of the molecule is CN(C(=O)COC(C)(C)C)C1CCCC1CN. The molecule has 0 radical (unpaired) electrons. The van der Waals surface area contributed by atoms with Gasteiger partial charge in [0.15, 0.2) is 0 Å². The molecule has 1 aliphatic rings. The van der Waals surface area contributed by atoms with Gasteiger partial charge in [-0.15, -0.1) is 0 Å². The van der Waals surface area contributed by atoms with Crippen LogP contribution in [0.1, 0.15) is 40.0 Å². The number of nitrogens with two attached hydrogens (primary N) is 1. The Morgan fingerprint density at radius 1 is 1.41 bits per heavy atom. The lowest BCUT2D eigenvalue weighted by Crippen LogP contribution is -2.44. The van der Waals surface area contributed by atoms with Crippen LogP contribution in [-0.4, -0.2) is 42.6 Å². The molecule has 0 saturated heterocycles. The molecule has 1 fully saturated rings. The Morgan fingerprint density at radius 3 is 2.59 bits per heavy atom. The molecule has 2 unspecified atom stereocenters. The number of likely N-dealkylation sites (N-methyl/N-ethyl adjacent to an activating group) is 1. The lowest BCUT2D eigenvalue weighted by molar-refractivity contribution is -0.142. The molecule has 0 aromatic heterocycles. The Morgan fingerprint density at radius 2 is 2.06 bits per heavy atom. The highest BCUT2D eigenvalue weighted by atomic mass is 16.5. The van der Waals surface area contributed by atoms with Crippen LogP contribution < -0.4 is 5.73 Å². The van der Waals surface area contributed by atoms with Crippen molar-refractivity contribution >= 4 is 5.91 Å². The summed E-state index contributed by atoms with van der Waals surface area (Å²) in [5, 5.41) is 0. The van der Waals surface area contributed by atoms with E-state index >= 15 is 0 Å². The maximum absolute atomic E-state index is 12.0. The molecule has 2 atom stereocenters. The molecule has 4 heteroatoms. The Labute approximate surface area is 104 Å². The fourth-order valence-electron chi connectivity index (χ4n) is 2.37. The predicted molar refractivity (Wildman–Crippen MR) is 68.7 cm³/mol. The first-order chi connectivity index (χ1) is 7.85. The molecule has 0 spiro atoms. The van der Waals surface area contributed by atoms with Gasteiger partial charge in [-0.2, -0.15) is 0 Å². The minimum absolute atomic E-state index is 0.0604. The van der Waals surface area contributed by atoms with Gasteiger partial charge in [0.05, 0.1) is 5.60 Å². The molecule has 2 N–H and O–H groups in total. The molecule has 0 aliphatic heterocycles. The first kappa shape index (κ1) is 14.5. The lowest BCUT2D eigenvalue weighted by atomic mass is 10.0. The number of carbonyl (C=O) groups is 1. The molecule has 1 rings (SSSR count). The first-order valence-corrected chi connectivity index (χ1v) is 6.45. The Bertz CT molecular complexity index is 261. The van der Waals surface area contributed by atoms with Crippen molar-refractivity contribution in [1.82, 2.24) is 4.90 Å². The number of hydrogen-bond donors (Lipinski definition) is 1. The van der Waals surface area contributed by atoms with Crippen molar-refractivity contribution < 1.29 is 9.53 Å². The molecule has 0 bridgehead atoms. The average molecular weight is 242 g/mol. The van der Waals surface area contributed by atoms with Gasteiger partial charge in [0.1, 0.15) is 6.61 Å². The number of ether oxygens (including phenoxy) is 1. The maximum atomic E-state index is 12.0. The third-order valence-corrected chi connectivity index (χ3v) is 3.44. The minimum Gasteiger partial charge on any atom is -0.366 e. The third kappa shape index (κ3) is 4.28. The molecule has 0 aromatic rings. The molecule has 1 amide bonds. The van der Waals surface area contributed by atoms with E-state index in [0.717, 1.165) is 12.8 Å². The molecule has 100 valence electrons. The molecular formula is C13H26N2O2. The molecule has 0 aromatic carbocycles. The van der Waals surface area contributed by atoms with Gasteiger partial charge in [0, 0.05) is 13.1 Å². The topological polar surface area (TPSA) is 55.6 Å². The van der Waals surface area contributed by atoms with Crippen molar-refractivity contribution in [2.45, 2.75) is 51.7 Å². The van der Waals surface area contributed by atoms with E-state index in [9.17, 15) is 4.79 Å². The Hall–Kier alpha value is -0.610. The number of rotatable bonds is 4. The summed E-state index contributed by atoms with van der Waals surface area (Å²) in [6.45, 7) is 6.70. The van der Waals surface area contributed by atoms with Crippen LogP contribution in [0, 0.1) is 5.92 Å². The fourth-order valence-corrected chi connectivity index (χ4v) is 2.37. The summed E-state index contributed by atoms with van der Waals surface area (Å²) in [7, 11) is 1.87. The summed E-state index contributed by atoms with van der Waals surface area (Å²) in [5.41, 5.74) is 5.47. The van der Waals surface area contributed by atoms with Gasteiger partial charge in [-0.25, -0.2) is 0 Å². The lowest BCUT2D eigenvalue weighted by Gasteiger charge is -2.30. The first-order valence-electron chi connectivity index (χ1n) is 6.45. The molecular weight excluding hydrogens is 216 g/mol. The summed E-state index contributed by atoms with van der Waals surface area (Å²) in [4.78, 5) is 13.8. The number of hydrogen-bond acceptors (Lipinski definition) is 3. The molecule has 1 aliphatic carbocycles. The second-order valence-corrected chi connectivity index (χ2v) is 5.90. The number of carbonyl (C=O) groups excluding carboxylic acids is 1. The summed E-state index contributed by atoms with van der Waals surface area (Å²) in [6.07, 6.45) is 3.38. The van der Waals surface area contributed by atoms with Gasteiger partial charge >= 0.3 is 0 Å². The third-order valence-electron chi connectivity index (χ3n) is 3.44. The van der Waals surface area contributed by atoms with Gasteiger partial charge in [0.25, 0.3) is 0 Å². The van der Waals surface area contributed by atoms with Gasteiger partial charge in [-0.1, -0.05) is 6.42 Å². The van der Waals surface area contributed by atoms with Crippen LogP contribution in [0.25, 0.3) is 0 Å². The van der Waals surface area contributed by atoms with Crippen LogP contribution in [0.15, 0.2) is 0 Å². The monoisotopic (exact) mass is 242 g/mol. The van der Waals surface area contributed by atoms with Crippen molar-refractivity contribution in [3.05, 3.63) is 0 Å². The quantitative estimate of drug-likeness (QED) is 0.810. The fraction of sp³-hybridized carbons (Fsp3) is 0.923. The highest BCUT2D eigenvalue weighted by molar-refractivity contribution is 5.77. The molecule has 0 heterocycles. The van der Waals surface area contributed by atoms with E-state index in [1.165, 1.54) is 6.42 Å². The van der Waals surface area contributed by atoms with E-state index in [1.54, 1.807) is 0 Å². The van der Waals surface area contributed by atoms with E-state index < -0.39 is 0 Å². The van der Waals surface area contributed by atoms with Crippen LogP contribution in [0.5, 0.6) is 0 Å². The average Bonchev–Trinajstić information content (AvgIpc) is 2.71. The minimum atomic E-state index is -0.264. The van der Waals surface area contributed by atoms with E-state index in [2.05, 4.69) is 0 Å². The number of amides is 1. The van der Waals surface area contributed by atoms with Gasteiger partial charge < -0.3 is 15.4 Å². The van der Waals surface area contributed by atoms with Crippen LogP contribution >= 0.6 is 0 Å². The van der Waals surface area contributed by atoms with Crippen LogP contribution in [-0.2, 0) is 9.53 Å². The van der Waals surface area contributed by atoms with Gasteiger partial charge in [0.2, 0.25) is 5.91 Å². The van der Waals surface area contributed by atoms with E-state index in [0.29, 0.717) is 18.5 Å². The Kier molecular flexibility index (Phi) is 4.95. The number of nitrogens with zero attached hydrogens (tertiary/aromatic N) is 1. The van der Waals surface area contributed by atoms with Gasteiger partial charge in [-0.3, -0.25) is 4.79 Å². The second-order valence-electron chi connectivity index (χ2n) is 5.90. The Balaban J connectivity index is 2.46. The van der Waals surface area contributed by atoms with E-state index in [1.807, 2.05) is 32.7 Å². The summed E-state index contributed by atoms with van der Waals surface area (Å²) in [6, 6.07) is 0.302. The van der Waals surface area contributed by atoms with E-state index in [4.69, 9.17) is 10.5 Å². The van der Waals surface area contributed by atoms with E-state index in [-0.39, 0.29) is 18.1 Å². The van der Waals surface area contributed by atoms with Crippen molar-refractivity contribution in [2.24, 2.45) is 11.7 Å². The van der Waals surface area contributed by atoms with Crippen molar-refractivity contribution in [3.8, 4) is 0 Å². The summed E-state index contributed by atoms with van der Waals surface area (Å²) < 4.78 is 5.52.